The number of anilines is 3. The third-order valence-corrected chi connectivity index (χ3v) is 9.10. The van der Waals surface area contributed by atoms with Crippen LogP contribution in [0.15, 0.2) is 84.7 Å². The molecule has 0 saturated carbocycles. The summed E-state index contributed by atoms with van der Waals surface area (Å²) in [7, 11) is 5.97. The van der Waals surface area contributed by atoms with Crippen LogP contribution in [-0.2, 0) is 4.79 Å². The predicted molar refractivity (Wildman–Crippen MR) is 210 cm³/mol. The molecule has 1 saturated heterocycles. The summed E-state index contributed by atoms with van der Waals surface area (Å²) >= 11 is 0. The quantitative estimate of drug-likeness (QED) is 0.119. The Morgan fingerprint density at radius 3 is 2.63 bits per heavy atom. The molecule has 0 bridgehead atoms. The first kappa shape index (κ1) is 37.2. The fourth-order valence-electron chi connectivity index (χ4n) is 6.23. The molecule has 0 aliphatic carbocycles. The Morgan fingerprint density at radius 1 is 1.12 bits per heavy atom. The van der Waals surface area contributed by atoms with Crippen LogP contribution >= 0.6 is 0 Å². The summed E-state index contributed by atoms with van der Waals surface area (Å²) < 4.78 is 12.6. The first-order valence-electron chi connectivity index (χ1n) is 17.8. The van der Waals surface area contributed by atoms with Crippen LogP contribution in [0, 0.1) is 13.8 Å². The zero-order valence-corrected chi connectivity index (χ0v) is 31.4. The van der Waals surface area contributed by atoms with Gasteiger partial charge in [0.25, 0.3) is 0 Å². The van der Waals surface area contributed by atoms with Gasteiger partial charge in [0.1, 0.15) is 23.8 Å². The van der Waals surface area contributed by atoms with Gasteiger partial charge in [-0.3, -0.25) is 4.79 Å². The minimum atomic E-state index is 0.0137. The van der Waals surface area contributed by atoms with E-state index in [2.05, 4.69) is 55.8 Å². The molecule has 1 N–H and O–H groups in total. The van der Waals surface area contributed by atoms with E-state index in [0.717, 1.165) is 64.2 Å². The number of hydrogen-bond acceptors (Lipinski definition) is 8. The Balaban J connectivity index is 1.37. The molecule has 10 nitrogen and oxygen atoms in total. The second-order valence-electron chi connectivity index (χ2n) is 13.7. The highest BCUT2D eigenvalue weighted by molar-refractivity contribution is 6.08. The Hall–Kier alpha value is -5.09. The summed E-state index contributed by atoms with van der Waals surface area (Å²) in [5.74, 6) is 4.09. The molecule has 1 atom stereocenters. The van der Waals surface area contributed by atoms with E-state index in [1.807, 2.05) is 98.5 Å². The number of aromatic nitrogens is 1. The standard InChI is InChI=1S/C41H53N7O3/c1-10-12-19-42-40(43-31-15-18-36(29(5)23-31)51-33-16-17-35(46(9)11-2)34(25-33)28(3)4)39-30(6)24-37-41(44-39)48-22-21-47(26-32(48)27-50-37)38(49)14-13-20-45(7)8/h11-19,23-25,28,32H,2,10,20-22,26-27H2,1,3-9H3,(H,42,43)/b14-13+,19-12+. The first-order valence-corrected chi connectivity index (χ1v) is 17.8. The van der Waals surface area contributed by atoms with Gasteiger partial charge < -0.3 is 34.4 Å². The minimum Gasteiger partial charge on any atom is -0.487 e. The average molecular weight is 692 g/mol. The van der Waals surface area contributed by atoms with E-state index < -0.39 is 0 Å². The smallest absolute Gasteiger partial charge is 0.246 e. The normalized spacial score (nSPS) is 16.0. The highest BCUT2D eigenvalue weighted by Gasteiger charge is 2.36. The molecule has 1 unspecified atom stereocenters. The van der Waals surface area contributed by atoms with Crippen LogP contribution < -0.4 is 24.6 Å². The lowest BCUT2D eigenvalue weighted by molar-refractivity contribution is -0.127. The Labute approximate surface area is 303 Å². The van der Waals surface area contributed by atoms with Crippen molar-refractivity contribution in [2.45, 2.75) is 53.0 Å². The lowest BCUT2D eigenvalue weighted by atomic mass is 10.00. The molecular formula is C41H53N7O3. The van der Waals surface area contributed by atoms with Gasteiger partial charge in [-0.2, -0.15) is 0 Å². The topological polar surface area (TPSA) is 85.8 Å². The number of ether oxygens (including phenoxy) is 2. The molecule has 2 aliphatic rings. The number of piperazine rings is 1. The van der Waals surface area contributed by atoms with Crippen molar-refractivity contribution < 1.29 is 14.3 Å². The second-order valence-corrected chi connectivity index (χ2v) is 13.7. The van der Waals surface area contributed by atoms with Gasteiger partial charge in [-0.25, -0.2) is 9.98 Å². The molecule has 2 aromatic carbocycles. The van der Waals surface area contributed by atoms with Crippen molar-refractivity contribution in [1.82, 2.24) is 14.8 Å². The summed E-state index contributed by atoms with van der Waals surface area (Å²) in [6.07, 6.45) is 10.1. The van der Waals surface area contributed by atoms with Crippen LogP contribution in [0.4, 0.5) is 17.2 Å². The molecule has 3 aromatic rings. The zero-order chi connectivity index (χ0) is 36.7. The monoisotopic (exact) mass is 691 g/mol. The Kier molecular flexibility index (Phi) is 12.2. The van der Waals surface area contributed by atoms with E-state index in [9.17, 15) is 4.79 Å². The van der Waals surface area contributed by atoms with Gasteiger partial charge in [0.15, 0.2) is 17.4 Å². The molecule has 270 valence electrons. The predicted octanol–water partition coefficient (Wildman–Crippen LogP) is 7.50. The summed E-state index contributed by atoms with van der Waals surface area (Å²) in [5, 5.41) is 3.55. The van der Waals surface area contributed by atoms with Crippen LogP contribution in [0.1, 0.15) is 55.5 Å². The minimum absolute atomic E-state index is 0.0137. The highest BCUT2D eigenvalue weighted by Crippen LogP contribution is 2.37. The Bertz CT molecular complexity index is 1810. The third kappa shape index (κ3) is 8.99. The zero-order valence-electron chi connectivity index (χ0n) is 31.4. The number of amidine groups is 1. The van der Waals surface area contributed by atoms with E-state index in [0.29, 0.717) is 38.0 Å². The maximum atomic E-state index is 12.9. The van der Waals surface area contributed by atoms with E-state index >= 15 is 0 Å². The molecule has 0 spiro atoms. The number of rotatable bonds is 12. The van der Waals surface area contributed by atoms with Crippen LogP contribution in [0.25, 0.3) is 0 Å². The summed E-state index contributed by atoms with van der Waals surface area (Å²) in [5.41, 5.74) is 5.86. The molecule has 51 heavy (non-hydrogen) atoms. The van der Waals surface area contributed by atoms with Gasteiger partial charge in [0.2, 0.25) is 5.91 Å². The number of fused-ring (bicyclic) bond motifs is 3. The number of pyridine rings is 1. The largest absolute Gasteiger partial charge is 0.487 e. The number of likely N-dealkylation sites (N-methyl/N-ethyl adjacent to an activating group) is 1. The van der Waals surface area contributed by atoms with E-state index in [4.69, 9.17) is 19.5 Å². The number of carbonyl (C=O) groups is 1. The first-order chi connectivity index (χ1) is 24.5. The molecule has 3 heterocycles. The van der Waals surface area contributed by atoms with Crippen molar-refractivity contribution in [2.24, 2.45) is 4.99 Å². The molecule has 1 amide bonds. The van der Waals surface area contributed by atoms with Crippen molar-refractivity contribution in [3.05, 3.63) is 102 Å². The summed E-state index contributed by atoms with van der Waals surface area (Å²) in [4.78, 5) is 31.2. The summed E-state index contributed by atoms with van der Waals surface area (Å²) in [6.45, 7) is 17.5. The van der Waals surface area contributed by atoms with Crippen molar-refractivity contribution in [1.29, 1.82) is 0 Å². The molecule has 2 aliphatic heterocycles. The number of carbonyl (C=O) groups excluding carboxylic acids is 1. The highest BCUT2D eigenvalue weighted by atomic mass is 16.5. The molecule has 1 aromatic heterocycles. The van der Waals surface area contributed by atoms with Crippen LogP contribution in [0.2, 0.25) is 0 Å². The number of aliphatic imine (C=N–C) groups is 1. The van der Waals surface area contributed by atoms with Gasteiger partial charge in [0, 0.05) is 56.9 Å². The lowest BCUT2D eigenvalue weighted by Crippen LogP contribution is -2.58. The Morgan fingerprint density at radius 2 is 1.92 bits per heavy atom. The van der Waals surface area contributed by atoms with E-state index in [-0.39, 0.29) is 11.9 Å². The van der Waals surface area contributed by atoms with Crippen LogP contribution in [0.5, 0.6) is 17.2 Å². The van der Waals surface area contributed by atoms with Crippen LogP contribution in [-0.4, -0.2) is 86.5 Å². The molecule has 5 rings (SSSR count). The van der Waals surface area contributed by atoms with Gasteiger partial charge in [0.05, 0.1) is 6.04 Å². The van der Waals surface area contributed by atoms with Gasteiger partial charge in [-0.15, -0.1) is 0 Å². The number of hydrogen-bond donors (Lipinski definition) is 1. The fourth-order valence-corrected chi connectivity index (χ4v) is 6.23. The fraction of sp³-hybridized carbons (Fsp3) is 0.390. The summed E-state index contributed by atoms with van der Waals surface area (Å²) in [6, 6.07) is 14.3. The number of allylic oxidation sites excluding steroid dienone is 1. The van der Waals surface area contributed by atoms with E-state index in [1.165, 1.54) is 5.56 Å². The van der Waals surface area contributed by atoms with Crippen LogP contribution in [0.3, 0.4) is 0 Å². The van der Waals surface area contributed by atoms with Crippen molar-refractivity contribution in [2.75, 3.05) is 69.0 Å². The maximum absolute atomic E-state index is 12.9. The molecule has 10 heteroatoms. The number of amides is 1. The maximum Gasteiger partial charge on any atom is 0.246 e. The van der Waals surface area contributed by atoms with Gasteiger partial charge in [-0.1, -0.05) is 39.5 Å². The molecule has 1 fully saturated rings. The number of nitrogens with one attached hydrogen (secondary N) is 1. The third-order valence-electron chi connectivity index (χ3n) is 9.10. The molecular weight excluding hydrogens is 638 g/mol. The SMILES string of the molecule is C=CN(C)c1ccc(Oc2ccc(NC(=N/C=C/CC)c3nc4c(cc3C)OCC3CN(C(=O)/C=C/CN(C)C)CCN43)cc2C)cc1C(C)C. The van der Waals surface area contributed by atoms with Gasteiger partial charge in [-0.05, 0) is 106 Å². The number of nitrogens with zero attached hydrogens (tertiary/aromatic N) is 6. The van der Waals surface area contributed by atoms with Gasteiger partial charge >= 0.3 is 0 Å². The van der Waals surface area contributed by atoms with Crippen molar-refractivity contribution >= 4 is 28.9 Å². The second kappa shape index (κ2) is 16.7. The molecule has 0 radical (unpaired) electrons. The van der Waals surface area contributed by atoms with Crippen molar-refractivity contribution in [3.8, 4) is 17.2 Å². The average Bonchev–Trinajstić information content (AvgIpc) is 3.11. The number of aryl methyl sites for hydroxylation is 2. The number of benzene rings is 2. The van der Waals surface area contributed by atoms with Crippen molar-refractivity contribution in [3.63, 3.8) is 0 Å². The lowest BCUT2D eigenvalue weighted by Gasteiger charge is -2.44. The van der Waals surface area contributed by atoms with E-state index in [1.54, 1.807) is 6.08 Å².